The number of fused-ring (bicyclic) bond motifs is 1. The van der Waals surface area contributed by atoms with Gasteiger partial charge in [-0.2, -0.15) is 0 Å². The van der Waals surface area contributed by atoms with Crippen LogP contribution < -0.4 is 5.73 Å². The number of nitrogen functional groups attached to an aromatic ring is 1. The molecule has 1 aliphatic rings. The lowest BCUT2D eigenvalue weighted by atomic mass is 10.2. The van der Waals surface area contributed by atoms with Gasteiger partial charge in [0.25, 0.3) is 0 Å². The van der Waals surface area contributed by atoms with E-state index in [9.17, 15) is 0 Å². The van der Waals surface area contributed by atoms with E-state index >= 15 is 0 Å². The first-order valence-electron chi connectivity index (χ1n) is 5.63. The highest BCUT2D eigenvalue weighted by molar-refractivity contribution is 5.83. The van der Waals surface area contributed by atoms with Crippen LogP contribution in [-0.4, -0.2) is 32.4 Å². The molecule has 0 spiro atoms. The minimum absolute atomic E-state index is 0.0543. The summed E-state index contributed by atoms with van der Waals surface area (Å²) in [5.41, 5.74) is 7.87. The molecule has 2 aromatic heterocycles. The average Bonchev–Trinajstić information content (AvgIpc) is 2.94. The molecular weight excluding hydrogens is 220 g/mol. The first kappa shape index (κ1) is 10.5. The van der Waals surface area contributed by atoms with Crippen LogP contribution in [-0.2, 0) is 4.74 Å². The van der Waals surface area contributed by atoms with E-state index in [1.165, 1.54) is 0 Å². The Balaban J connectivity index is 1.99. The standard InChI is InChI=1S/C11H14N4O2/c12-8-3-4-13-11-10(8)14-6-15(11)9-2-1-7(5-16)17-9/h3-4,6-7,9,16H,1-2,5H2,(H2,12,13). The molecule has 1 fully saturated rings. The molecule has 3 N–H and O–H groups in total. The Bertz CT molecular complexity index is 539. The summed E-state index contributed by atoms with van der Waals surface area (Å²) < 4.78 is 7.57. The van der Waals surface area contributed by atoms with Crippen molar-refractivity contribution in [2.24, 2.45) is 0 Å². The van der Waals surface area contributed by atoms with Crippen molar-refractivity contribution in [2.45, 2.75) is 25.2 Å². The number of imidazole rings is 1. The SMILES string of the molecule is Nc1ccnc2c1ncn2C1CCC(CO)O1. The van der Waals surface area contributed by atoms with Gasteiger partial charge in [0.05, 0.1) is 24.7 Å². The zero-order valence-corrected chi connectivity index (χ0v) is 9.28. The van der Waals surface area contributed by atoms with E-state index in [0.29, 0.717) is 11.2 Å². The average molecular weight is 234 g/mol. The van der Waals surface area contributed by atoms with Gasteiger partial charge in [0, 0.05) is 6.20 Å². The van der Waals surface area contributed by atoms with Crippen LogP contribution in [0.1, 0.15) is 19.1 Å². The summed E-state index contributed by atoms with van der Waals surface area (Å²) in [6.07, 6.45) is 4.87. The van der Waals surface area contributed by atoms with Crippen LogP contribution in [0.2, 0.25) is 0 Å². The van der Waals surface area contributed by atoms with Crippen LogP contribution in [0.25, 0.3) is 11.2 Å². The molecule has 3 heterocycles. The van der Waals surface area contributed by atoms with Crippen LogP contribution in [0.5, 0.6) is 0 Å². The number of pyridine rings is 1. The largest absolute Gasteiger partial charge is 0.397 e. The third kappa shape index (κ3) is 1.65. The molecule has 90 valence electrons. The normalized spacial score (nSPS) is 24.5. The second-order valence-corrected chi connectivity index (χ2v) is 4.20. The smallest absolute Gasteiger partial charge is 0.164 e. The first-order valence-corrected chi connectivity index (χ1v) is 5.63. The zero-order chi connectivity index (χ0) is 11.8. The Kier molecular flexibility index (Phi) is 2.45. The lowest BCUT2D eigenvalue weighted by molar-refractivity contribution is -0.0207. The number of ether oxygens (including phenoxy) is 1. The number of aromatic nitrogens is 3. The van der Waals surface area contributed by atoms with Gasteiger partial charge in [-0.3, -0.25) is 4.57 Å². The van der Waals surface area contributed by atoms with Gasteiger partial charge < -0.3 is 15.6 Å². The highest BCUT2D eigenvalue weighted by Crippen LogP contribution is 2.30. The Morgan fingerprint density at radius 2 is 2.35 bits per heavy atom. The molecule has 17 heavy (non-hydrogen) atoms. The molecule has 0 aromatic carbocycles. The van der Waals surface area contributed by atoms with Crippen molar-refractivity contribution in [3.63, 3.8) is 0 Å². The summed E-state index contributed by atoms with van der Waals surface area (Å²) in [6, 6.07) is 1.73. The van der Waals surface area contributed by atoms with Crippen LogP contribution in [0.15, 0.2) is 18.6 Å². The molecule has 0 saturated carbocycles. The van der Waals surface area contributed by atoms with E-state index in [4.69, 9.17) is 15.6 Å². The van der Waals surface area contributed by atoms with E-state index in [1.807, 2.05) is 4.57 Å². The molecule has 6 heteroatoms. The highest BCUT2D eigenvalue weighted by atomic mass is 16.5. The number of hydrogen-bond donors (Lipinski definition) is 2. The van der Waals surface area contributed by atoms with E-state index in [0.717, 1.165) is 18.5 Å². The third-order valence-corrected chi connectivity index (χ3v) is 3.09. The minimum atomic E-state index is -0.105. The second-order valence-electron chi connectivity index (χ2n) is 4.20. The Labute approximate surface area is 98.0 Å². The topological polar surface area (TPSA) is 86.2 Å². The van der Waals surface area contributed by atoms with Gasteiger partial charge in [0.2, 0.25) is 0 Å². The van der Waals surface area contributed by atoms with E-state index in [2.05, 4.69) is 9.97 Å². The molecule has 2 atom stereocenters. The number of aliphatic hydroxyl groups excluding tert-OH is 1. The predicted octanol–water partition coefficient (Wildman–Crippen LogP) is 0.683. The van der Waals surface area contributed by atoms with Crippen LogP contribution in [0.3, 0.4) is 0 Å². The highest BCUT2D eigenvalue weighted by Gasteiger charge is 2.27. The fourth-order valence-electron chi connectivity index (χ4n) is 2.19. The molecule has 3 rings (SSSR count). The minimum Gasteiger partial charge on any atom is -0.397 e. The number of rotatable bonds is 2. The van der Waals surface area contributed by atoms with Gasteiger partial charge in [-0.1, -0.05) is 0 Å². The van der Waals surface area contributed by atoms with Crippen molar-refractivity contribution >= 4 is 16.9 Å². The summed E-state index contributed by atoms with van der Waals surface area (Å²) in [4.78, 5) is 8.52. The van der Waals surface area contributed by atoms with Gasteiger partial charge in [-0.15, -0.1) is 0 Å². The predicted molar refractivity (Wildman–Crippen MR) is 62.2 cm³/mol. The number of anilines is 1. The molecule has 0 amide bonds. The summed E-state index contributed by atoms with van der Waals surface area (Å²) in [7, 11) is 0. The maximum absolute atomic E-state index is 9.05. The summed E-state index contributed by atoms with van der Waals surface area (Å²) in [5.74, 6) is 0. The van der Waals surface area contributed by atoms with Crippen LogP contribution in [0, 0.1) is 0 Å². The fraction of sp³-hybridized carbons (Fsp3) is 0.455. The maximum atomic E-state index is 9.05. The molecule has 0 radical (unpaired) electrons. The Hall–Kier alpha value is -1.66. The van der Waals surface area contributed by atoms with Gasteiger partial charge >= 0.3 is 0 Å². The van der Waals surface area contributed by atoms with Gasteiger partial charge in [0.1, 0.15) is 11.7 Å². The van der Waals surface area contributed by atoms with Gasteiger partial charge in [-0.25, -0.2) is 9.97 Å². The first-order chi connectivity index (χ1) is 8.29. The molecule has 1 saturated heterocycles. The molecule has 0 bridgehead atoms. The zero-order valence-electron chi connectivity index (χ0n) is 9.28. The lowest BCUT2D eigenvalue weighted by Gasteiger charge is -2.13. The van der Waals surface area contributed by atoms with Crippen molar-refractivity contribution in [3.8, 4) is 0 Å². The molecule has 0 aliphatic carbocycles. The summed E-state index contributed by atoms with van der Waals surface area (Å²) >= 11 is 0. The Morgan fingerprint density at radius 1 is 1.47 bits per heavy atom. The summed E-state index contributed by atoms with van der Waals surface area (Å²) in [5, 5.41) is 9.05. The second kappa shape index (κ2) is 3.97. The van der Waals surface area contributed by atoms with Crippen molar-refractivity contribution < 1.29 is 9.84 Å². The monoisotopic (exact) mass is 234 g/mol. The maximum Gasteiger partial charge on any atom is 0.164 e. The molecule has 6 nitrogen and oxygen atoms in total. The fourth-order valence-corrected chi connectivity index (χ4v) is 2.19. The third-order valence-electron chi connectivity index (χ3n) is 3.09. The van der Waals surface area contributed by atoms with Crippen molar-refractivity contribution in [2.75, 3.05) is 12.3 Å². The number of hydrogen-bond acceptors (Lipinski definition) is 5. The number of aliphatic hydroxyl groups is 1. The van der Waals surface area contributed by atoms with E-state index in [-0.39, 0.29) is 18.9 Å². The van der Waals surface area contributed by atoms with Gasteiger partial charge in [-0.05, 0) is 18.9 Å². The molecular formula is C11H14N4O2. The Morgan fingerprint density at radius 3 is 3.12 bits per heavy atom. The number of nitrogens with two attached hydrogens (primary N) is 1. The summed E-state index contributed by atoms with van der Waals surface area (Å²) in [6.45, 7) is 0.0543. The molecule has 2 aromatic rings. The van der Waals surface area contributed by atoms with E-state index in [1.54, 1.807) is 18.6 Å². The van der Waals surface area contributed by atoms with Crippen LogP contribution in [0.4, 0.5) is 5.69 Å². The molecule has 1 aliphatic heterocycles. The van der Waals surface area contributed by atoms with Crippen molar-refractivity contribution in [1.29, 1.82) is 0 Å². The molecule has 2 unspecified atom stereocenters. The van der Waals surface area contributed by atoms with Crippen molar-refractivity contribution in [3.05, 3.63) is 18.6 Å². The lowest BCUT2D eigenvalue weighted by Crippen LogP contribution is -2.14. The quantitative estimate of drug-likeness (QED) is 0.798. The number of nitrogens with zero attached hydrogens (tertiary/aromatic N) is 3. The van der Waals surface area contributed by atoms with E-state index < -0.39 is 0 Å². The van der Waals surface area contributed by atoms with Crippen LogP contribution >= 0.6 is 0 Å². The van der Waals surface area contributed by atoms with Crippen molar-refractivity contribution in [1.82, 2.24) is 14.5 Å². The van der Waals surface area contributed by atoms with Gasteiger partial charge in [0.15, 0.2) is 5.65 Å².